The molecule has 27 heavy (non-hydrogen) atoms. The van der Waals surface area contributed by atoms with Crippen LogP contribution in [0.5, 0.6) is 0 Å². The average Bonchev–Trinajstić information content (AvgIpc) is 3.02. The SMILES string of the molecule is CC(C)(CCNC(=O)c1nn(-c2ccc(F)cc2)c2c1CCCC2)C(=O)O. The molecular weight excluding hydrogens is 349 g/mol. The standard InChI is InChI=1S/C20H24FN3O3/c1-20(2,19(26)27)11-12-22-18(25)17-15-5-3-4-6-16(15)24(23-17)14-9-7-13(21)8-10-14/h7-10H,3-6,11-12H2,1-2H3,(H,22,25)(H,26,27). The zero-order valence-corrected chi connectivity index (χ0v) is 15.6. The molecule has 0 radical (unpaired) electrons. The molecule has 0 aliphatic heterocycles. The number of hydrogen-bond donors (Lipinski definition) is 2. The highest BCUT2D eigenvalue weighted by Crippen LogP contribution is 2.27. The third-order valence-corrected chi connectivity index (χ3v) is 5.08. The fourth-order valence-corrected chi connectivity index (χ4v) is 3.26. The van der Waals surface area contributed by atoms with Crippen molar-refractivity contribution >= 4 is 11.9 Å². The van der Waals surface area contributed by atoms with E-state index in [0.29, 0.717) is 12.1 Å². The van der Waals surface area contributed by atoms with Crippen LogP contribution in [0.1, 0.15) is 54.9 Å². The van der Waals surface area contributed by atoms with E-state index in [9.17, 15) is 19.1 Å². The summed E-state index contributed by atoms with van der Waals surface area (Å²) in [6.45, 7) is 3.52. The number of hydrogen-bond acceptors (Lipinski definition) is 3. The van der Waals surface area contributed by atoms with E-state index in [-0.39, 0.29) is 18.3 Å². The number of aliphatic carboxylic acids is 1. The summed E-state index contributed by atoms with van der Waals surface area (Å²) < 4.78 is 15.0. The first-order valence-corrected chi connectivity index (χ1v) is 9.18. The quantitative estimate of drug-likeness (QED) is 0.815. The molecule has 1 aromatic heterocycles. The monoisotopic (exact) mass is 373 g/mol. The number of fused-ring (bicyclic) bond motifs is 1. The number of benzene rings is 1. The Kier molecular flexibility index (Phi) is 5.30. The van der Waals surface area contributed by atoms with Crippen molar-refractivity contribution in [1.29, 1.82) is 0 Å². The highest BCUT2D eigenvalue weighted by Gasteiger charge is 2.28. The van der Waals surface area contributed by atoms with Crippen molar-refractivity contribution in [2.75, 3.05) is 6.54 Å². The number of rotatable bonds is 6. The number of carbonyl (C=O) groups excluding carboxylic acids is 1. The summed E-state index contributed by atoms with van der Waals surface area (Å²) >= 11 is 0. The Morgan fingerprint density at radius 2 is 1.89 bits per heavy atom. The third-order valence-electron chi connectivity index (χ3n) is 5.08. The van der Waals surface area contributed by atoms with Crippen LogP contribution in [0.4, 0.5) is 4.39 Å². The van der Waals surface area contributed by atoms with E-state index < -0.39 is 11.4 Å². The van der Waals surface area contributed by atoms with Gasteiger partial charge in [0, 0.05) is 17.8 Å². The Balaban J connectivity index is 1.82. The van der Waals surface area contributed by atoms with Crippen LogP contribution in [0, 0.1) is 11.2 Å². The molecular formula is C20H24FN3O3. The Bertz CT molecular complexity index is 856. The minimum absolute atomic E-state index is 0.260. The van der Waals surface area contributed by atoms with Crippen LogP contribution in [0.3, 0.4) is 0 Å². The Morgan fingerprint density at radius 3 is 2.56 bits per heavy atom. The maximum absolute atomic E-state index is 13.2. The molecule has 0 atom stereocenters. The number of carboxylic acid groups (broad SMARTS) is 1. The molecule has 0 fully saturated rings. The summed E-state index contributed by atoms with van der Waals surface area (Å²) in [7, 11) is 0. The van der Waals surface area contributed by atoms with E-state index >= 15 is 0 Å². The number of halogens is 1. The van der Waals surface area contributed by atoms with Gasteiger partial charge in [0.25, 0.3) is 5.91 Å². The molecule has 1 aliphatic carbocycles. The summed E-state index contributed by atoms with van der Waals surface area (Å²) in [5, 5.41) is 16.5. The zero-order chi connectivity index (χ0) is 19.6. The summed E-state index contributed by atoms with van der Waals surface area (Å²) in [6, 6.07) is 6.04. The van der Waals surface area contributed by atoms with Gasteiger partial charge < -0.3 is 10.4 Å². The zero-order valence-electron chi connectivity index (χ0n) is 15.6. The molecule has 144 valence electrons. The van der Waals surface area contributed by atoms with Gasteiger partial charge in [0.05, 0.1) is 11.1 Å². The van der Waals surface area contributed by atoms with Crippen LogP contribution in [-0.4, -0.2) is 33.3 Å². The molecule has 0 bridgehead atoms. The minimum atomic E-state index is -0.903. The van der Waals surface area contributed by atoms with Crippen molar-refractivity contribution in [3.05, 3.63) is 47.0 Å². The van der Waals surface area contributed by atoms with Crippen LogP contribution in [-0.2, 0) is 17.6 Å². The van der Waals surface area contributed by atoms with Crippen molar-refractivity contribution < 1.29 is 19.1 Å². The van der Waals surface area contributed by atoms with Gasteiger partial charge in [-0.2, -0.15) is 5.10 Å². The fraction of sp³-hybridized carbons (Fsp3) is 0.450. The first-order valence-electron chi connectivity index (χ1n) is 9.18. The minimum Gasteiger partial charge on any atom is -0.481 e. The van der Waals surface area contributed by atoms with Gasteiger partial charge in [-0.05, 0) is 70.2 Å². The molecule has 2 N–H and O–H groups in total. The van der Waals surface area contributed by atoms with Gasteiger partial charge in [-0.1, -0.05) is 0 Å². The van der Waals surface area contributed by atoms with Crippen LogP contribution in [0.15, 0.2) is 24.3 Å². The normalized spacial score (nSPS) is 13.9. The summed E-state index contributed by atoms with van der Waals surface area (Å²) in [5.41, 5.74) is 2.12. The number of amides is 1. The smallest absolute Gasteiger partial charge is 0.309 e. The summed E-state index contributed by atoms with van der Waals surface area (Å²) in [5.74, 6) is -1.51. The molecule has 2 aromatic rings. The number of nitrogens with one attached hydrogen (secondary N) is 1. The van der Waals surface area contributed by atoms with Crippen molar-refractivity contribution in [3.8, 4) is 5.69 Å². The highest BCUT2D eigenvalue weighted by atomic mass is 19.1. The Hall–Kier alpha value is -2.70. The molecule has 0 saturated heterocycles. The van der Waals surface area contributed by atoms with E-state index in [4.69, 9.17) is 0 Å². The number of aromatic nitrogens is 2. The van der Waals surface area contributed by atoms with Gasteiger partial charge in [0.1, 0.15) is 5.82 Å². The first kappa shape index (κ1) is 19.1. The molecule has 1 aromatic carbocycles. The van der Waals surface area contributed by atoms with E-state index in [1.165, 1.54) is 12.1 Å². The number of nitrogens with zero attached hydrogens (tertiary/aromatic N) is 2. The predicted octanol–water partition coefficient (Wildman–Crippen LogP) is 3.12. The molecule has 0 saturated carbocycles. The van der Waals surface area contributed by atoms with Crippen LogP contribution in [0.25, 0.3) is 5.69 Å². The van der Waals surface area contributed by atoms with E-state index in [2.05, 4.69) is 10.4 Å². The first-order chi connectivity index (χ1) is 12.8. The van der Waals surface area contributed by atoms with Crippen LogP contribution in [0.2, 0.25) is 0 Å². The van der Waals surface area contributed by atoms with Crippen molar-refractivity contribution in [2.45, 2.75) is 46.0 Å². The molecule has 1 amide bonds. The average molecular weight is 373 g/mol. The molecule has 1 aliphatic rings. The maximum atomic E-state index is 13.2. The second-order valence-electron chi connectivity index (χ2n) is 7.56. The molecule has 7 heteroatoms. The fourth-order valence-electron chi connectivity index (χ4n) is 3.26. The highest BCUT2D eigenvalue weighted by molar-refractivity contribution is 5.94. The second-order valence-corrected chi connectivity index (χ2v) is 7.56. The maximum Gasteiger partial charge on any atom is 0.309 e. The van der Waals surface area contributed by atoms with Gasteiger partial charge in [-0.25, -0.2) is 9.07 Å². The molecule has 3 rings (SSSR count). The van der Waals surface area contributed by atoms with E-state index in [1.807, 2.05) is 0 Å². The lowest BCUT2D eigenvalue weighted by Crippen LogP contribution is -2.32. The summed E-state index contributed by atoms with van der Waals surface area (Å²) in [4.78, 5) is 23.9. The van der Waals surface area contributed by atoms with Gasteiger partial charge >= 0.3 is 5.97 Å². The van der Waals surface area contributed by atoms with Gasteiger partial charge in [-0.3, -0.25) is 9.59 Å². The van der Waals surface area contributed by atoms with E-state index in [0.717, 1.165) is 42.6 Å². The van der Waals surface area contributed by atoms with Crippen LogP contribution >= 0.6 is 0 Å². The third kappa shape index (κ3) is 4.02. The largest absolute Gasteiger partial charge is 0.481 e. The van der Waals surface area contributed by atoms with Crippen LogP contribution < -0.4 is 5.32 Å². The molecule has 6 nitrogen and oxygen atoms in total. The molecule has 1 heterocycles. The second kappa shape index (κ2) is 7.50. The number of carbonyl (C=O) groups is 2. The number of carboxylic acids is 1. The van der Waals surface area contributed by atoms with Crippen molar-refractivity contribution in [2.24, 2.45) is 5.41 Å². The lowest BCUT2D eigenvalue weighted by molar-refractivity contribution is -0.147. The Morgan fingerprint density at radius 1 is 1.22 bits per heavy atom. The predicted molar refractivity (Wildman–Crippen MR) is 98.5 cm³/mol. The lowest BCUT2D eigenvalue weighted by atomic mass is 9.89. The lowest BCUT2D eigenvalue weighted by Gasteiger charge is -2.18. The van der Waals surface area contributed by atoms with E-state index in [1.54, 1.807) is 30.7 Å². The van der Waals surface area contributed by atoms with Crippen molar-refractivity contribution in [3.63, 3.8) is 0 Å². The Labute approximate surface area is 157 Å². The van der Waals surface area contributed by atoms with Crippen molar-refractivity contribution in [1.82, 2.24) is 15.1 Å². The van der Waals surface area contributed by atoms with Gasteiger partial charge in [0.2, 0.25) is 0 Å². The molecule has 0 spiro atoms. The molecule has 0 unspecified atom stereocenters. The topological polar surface area (TPSA) is 84.2 Å². The summed E-state index contributed by atoms with van der Waals surface area (Å²) in [6.07, 6.45) is 3.94. The van der Waals surface area contributed by atoms with Gasteiger partial charge in [-0.15, -0.1) is 0 Å². The van der Waals surface area contributed by atoms with Gasteiger partial charge in [0.15, 0.2) is 5.69 Å².